The number of benzene rings is 9. The van der Waals surface area contributed by atoms with E-state index in [-0.39, 0.29) is 5.41 Å². The van der Waals surface area contributed by atoms with Crippen molar-refractivity contribution in [3.8, 4) is 33.4 Å². The van der Waals surface area contributed by atoms with E-state index in [1.54, 1.807) is 0 Å². The summed E-state index contributed by atoms with van der Waals surface area (Å²) < 4.78 is 6.26. The molecule has 0 aliphatic heterocycles. The maximum atomic E-state index is 6.26. The molecule has 0 saturated heterocycles. The van der Waals surface area contributed by atoms with Gasteiger partial charge in [-0.2, -0.15) is 0 Å². The molecular weight excluding hydrogens is 667 g/mol. The van der Waals surface area contributed by atoms with Crippen molar-refractivity contribution in [3.05, 3.63) is 199 Å². The van der Waals surface area contributed by atoms with Crippen LogP contribution in [-0.2, 0) is 5.41 Å². The molecule has 10 aromatic rings. The highest BCUT2D eigenvalue weighted by Gasteiger charge is 2.38. The van der Waals surface area contributed by atoms with Crippen LogP contribution in [0.25, 0.3) is 76.9 Å². The lowest BCUT2D eigenvalue weighted by molar-refractivity contribution is 0.661. The summed E-state index contributed by atoms with van der Waals surface area (Å²) in [5, 5.41) is 7.39. The molecule has 0 fully saturated rings. The maximum absolute atomic E-state index is 6.26. The van der Waals surface area contributed by atoms with Crippen LogP contribution in [0, 0.1) is 0 Å². The third-order valence-corrected chi connectivity index (χ3v) is 11.9. The van der Waals surface area contributed by atoms with Gasteiger partial charge in [-0.1, -0.05) is 153 Å². The summed E-state index contributed by atoms with van der Waals surface area (Å²) in [5.74, 6) is 0. The van der Waals surface area contributed by atoms with E-state index in [0.29, 0.717) is 0 Å². The highest BCUT2D eigenvalue weighted by molar-refractivity contribution is 6.12. The minimum atomic E-state index is -0.172. The molecule has 1 aromatic heterocycles. The van der Waals surface area contributed by atoms with Gasteiger partial charge in [0, 0.05) is 27.6 Å². The van der Waals surface area contributed by atoms with Crippen LogP contribution in [0.4, 0.5) is 17.1 Å². The first-order valence-electron chi connectivity index (χ1n) is 19.1. The molecule has 0 bridgehead atoms. The second-order valence-corrected chi connectivity index (χ2v) is 15.3. The van der Waals surface area contributed by atoms with Gasteiger partial charge in [0.1, 0.15) is 11.2 Å². The largest absolute Gasteiger partial charge is 0.456 e. The van der Waals surface area contributed by atoms with Gasteiger partial charge in [-0.25, -0.2) is 0 Å². The first kappa shape index (κ1) is 31.6. The maximum Gasteiger partial charge on any atom is 0.136 e. The highest BCUT2D eigenvalue weighted by atomic mass is 16.3. The van der Waals surface area contributed by atoms with Crippen LogP contribution in [-0.4, -0.2) is 0 Å². The summed E-state index contributed by atoms with van der Waals surface area (Å²) in [7, 11) is 0. The van der Waals surface area contributed by atoms with Crippen molar-refractivity contribution in [1.29, 1.82) is 0 Å². The molecule has 0 atom stereocenters. The second kappa shape index (κ2) is 12.1. The summed E-state index contributed by atoms with van der Waals surface area (Å²) in [6.45, 7) is 4.73. The average Bonchev–Trinajstić information content (AvgIpc) is 3.73. The van der Waals surface area contributed by atoms with E-state index < -0.39 is 0 Å². The van der Waals surface area contributed by atoms with Crippen molar-refractivity contribution in [2.45, 2.75) is 19.3 Å². The van der Waals surface area contributed by atoms with Gasteiger partial charge >= 0.3 is 0 Å². The summed E-state index contributed by atoms with van der Waals surface area (Å²) in [6.07, 6.45) is 0. The Morgan fingerprint density at radius 2 is 1.00 bits per heavy atom. The van der Waals surface area contributed by atoms with Crippen LogP contribution in [0.3, 0.4) is 0 Å². The topological polar surface area (TPSA) is 16.4 Å². The number of nitrogens with zero attached hydrogens (tertiary/aromatic N) is 1. The molecule has 55 heavy (non-hydrogen) atoms. The van der Waals surface area contributed by atoms with Crippen molar-refractivity contribution >= 4 is 60.5 Å². The minimum Gasteiger partial charge on any atom is -0.456 e. The molecule has 0 saturated carbocycles. The van der Waals surface area contributed by atoms with Crippen LogP contribution in [0.5, 0.6) is 0 Å². The molecule has 2 heteroatoms. The van der Waals surface area contributed by atoms with E-state index in [1.165, 1.54) is 60.6 Å². The monoisotopic (exact) mass is 703 g/mol. The lowest BCUT2D eigenvalue weighted by atomic mass is 9.81. The summed E-state index contributed by atoms with van der Waals surface area (Å²) >= 11 is 0. The van der Waals surface area contributed by atoms with Gasteiger partial charge in [-0.3, -0.25) is 0 Å². The Hall–Kier alpha value is -6.90. The Kier molecular flexibility index (Phi) is 6.93. The van der Waals surface area contributed by atoms with Gasteiger partial charge in [0.25, 0.3) is 0 Å². The number of fused-ring (bicyclic) bond motifs is 9. The number of anilines is 3. The van der Waals surface area contributed by atoms with Crippen LogP contribution >= 0.6 is 0 Å². The van der Waals surface area contributed by atoms with Crippen molar-refractivity contribution in [3.63, 3.8) is 0 Å². The molecule has 260 valence electrons. The fraction of sp³-hybridized carbons (Fsp3) is 0.0566. The molecule has 1 heterocycles. The normalized spacial score (nSPS) is 13.1. The van der Waals surface area contributed by atoms with Gasteiger partial charge in [0.05, 0.1) is 5.69 Å². The summed E-state index contributed by atoms with van der Waals surface area (Å²) in [4.78, 5) is 2.44. The zero-order chi connectivity index (χ0) is 36.7. The molecule has 0 N–H and O–H groups in total. The van der Waals surface area contributed by atoms with Gasteiger partial charge in [-0.15, -0.1) is 0 Å². The number of para-hydroxylation sites is 1. The van der Waals surface area contributed by atoms with Crippen LogP contribution in [0.2, 0.25) is 0 Å². The van der Waals surface area contributed by atoms with E-state index in [9.17, 15) is 0 Å². The van der Waals surface area contributed by atoms with Crippen molar-refractivity contribution in [2.24, 2.45) is 0 Å². The Morgan fingerprint density at radius 1 is 0.400 bits per heavy atom. The minimum absolute atomic E-state index is 0.172. The molecule has 0 spiro atoms. The summed E-state index contributed by atoms with van der Waals surface area (Å²) in [5.41, 5.74) is 15.1. The SMILES string of the molecule is CC1(C)c2ccccc2-c2cccc(N(c3ccc(-c4ccc5c(c4)oc4ccccc45)cc3)c3ccc(-c4cccc5c4ccc4ccccc45)cc3)c21. The Balaban J connectivity index is 1.04. The lowest BCUT2D eigenvalue weighted by Crippen LogP contribution is -2.20. The zero-order valence-electron chi connectivity index (χ0n) is 30.8. The van der Waals surface area contributed by atoms with Crippen LogP contribution in [0.15, 0.2) is 192 Å². The predicted molar refractivity (Wildman–Crippen MR) is 232 cm³/mol. The third kappa shape index (κ3) is 4.88. The van der Waals surface area contributed by atoms with E-state index >= 15 is 0 Å². The number of rotatable bonds is 5. The molecule has 1 aliphatic carbocycles. The fourth-order valence-corrected chi connectivity index (χ4v) is 9.22. The quantitative estimate of drug-likeness (QED) is 0.166. The molecule has 9 aromatic carbocycles. The number of hydrogen-bond donors (Lipinski definition) is 0. The number of hydrogen-bond acceptors (Lipinski definition) is 2. The highest BCUT2D eigenvalue weighted by Crippen LogP contribution is 2.54. The van der Waals surface area contributed by atoms with Crippen molar-refractivity contribution in [2.75, 3.05) is 4.90 Å². The standard InChI is InChI=1S/C53H37NO/c1-53(2)48-18-7-5-13-44(48)47-17-10-19-49(52(47)53)54(38-27-21-34(22-28-38)37-26-32-46-45-14-6-8-20-50(45)55-51(46)33-37)39-29-23-36(24-30-39)41-15-9-16-42-40-12-4-3-11-35(40)25-31-43(41)42/h3-33H,1-2H3. The number of furan rings is 1. The van der Waals surface area contributed by atoms with Crippen LogP contribution < -0.4 is 4.90 Å². The van der Waals surface area contributed by atoms with Crippen LogP contribution in [0.1, 0.15) is 25.0 Å². The van der Waals surface area contributed by atoms with E-state index in [0.717, 1.165) is 44.4 Å². The zero-order valence-corrected chi connectivity index (χ0v) is 30.8. The van der Waals surface area contributed by atoms with Crippen molar-refractivity contribution in [1.82, 2.24) is 0 Å². The Labute approximate surface area is 320 Å². The first-order valence-corrected chi connectivity index (χ1v) is 19.1. The third-order valence-electron chi connectivity index (χ3n) is 11.9. The summed E-state index contributed by atoms with van der Waals surface area (Å²) in [6, 6.07) is 68.5. The van der Waals surface area contributed by atoms with Crippen molar-refractivity contribution < 1.29 is 4.42 Å². The van der Waals surface area contributed by atoms with E-state index in [1.807, 2.05) is 12.1 Å². The Bertz CT molecular complexity index is 3110. The molecule has 0 unspecified atom stereocenters. The predicted octanol–water partition coefficient (Wildman–Crippen LogP) is 15.0. The fourth-order valence-electron chi connectivity index (χ4n) is 9.22. The van der Waals surface area contributed by atoms with Gasteiger partial charge in [-0.05, 0) is 115 Å². The molecule has 11 rings (SSSR count). The van der Waals surface area contributed by atoms with E-state index in [2.05, 4.69) is 195 Å². The second-order valence-electron chi connectivity index (χ2n) is 15.3. The Morgan fingerprint density at radius 3 is 1.84 bits per heavy atom. The average molecular weight is 704 g/mol. The molecule has 0 amide bonds. The lowest BCUT2D eigenvalue weighted by Gasteiger charge is -2.32. The first-order chi connectivity index (χ1) is 27.0. The molecule has 2 nitrogen and oxygen atoms in total. The molecule has 1 aliphatic rings. The molecule has 0 radical (unpaired) electrons. The molecular formula is C53H37NO. The smallest absolute Gasteiger partial charge is 0.136 e. The van der Waals surface area contributed by atoms with Gasteiger partial charge in [0.15, 0.2) is 0 Å². The van der Waals surface area contributed by atoms with E-state index in [4.69, 9.17) is 4.42 Å². The van der Waals surface area contributed by atoms with Gasteiger partial charge < -0.3 is 9.32 Å². The van der Waals surface area contributed by atoms with Gasteiger partial charge in [0.2, 0.25) is 0 Å².